The molecule has 1 heterocycles. The van der Waals surface area contributed by atoms with E-state index < -0.39 is 0 Å². The van der Waals surface area contributed by atoms with Crippen LogP contribution in [0.3, 0.4) is 0 Å². The van der Waals surface area contributed by atoms with Gasteiger partial charge in [-0.25, -0.2) is 0 Å². The van der Waals surface area contributed by atoms with Gasteiger partial charge in [0.1, 0.15) is 0 Å². The predicted molar refractivity (Wildman–Crippen MR) is 60.7 cm³/mol. The fourth-order valence-corrected chi connectivity index (χ4v) is 1.75. The van der Waals surface area contributed by atoms with Gasteiger partial charge in [0.2, 0.25) is 0 Å². The Bertz CT molecular complexity index is 293. The molecule has 76 valence electrons. The van der Waals surface area contributed by atoms with E-state index in [9.17, 15) is 0 Å². The fraction of sp³-hybridized carbons (Fsp3) is 0.400. The number of rotatable bonds is 1. The maximum Gasteiger partial charge on any atom is 0.324 e. The van der Waals surface area contributed by atoms with Gasteiger partial charge in [0.25, 0.3) is 0 Å². The van der Waals surface area contributed by atoms with E-state index in [1.165, 1.54) is 18.1 Å². The van der Waals surface area contributed by atoms with Crippen LogP contribution >= 0.6 is 0 Å². The highest BCUT2D eigenvalue weighted by Gasteiger charge is 2.29. The Morgan fingerprint density at radius 1 is 1.36 bits per heavy atom. The highest BCUT2D eigenvalue weighted by atomic mass is 16.5. The van der Waals surface area contributed by atoms with Crippen molar-refractivity contribution in [1.29, 1.82) is 0 Å². The summed E-state index contributed by atoms with van der Waals surface area (Å²) in [5, 5.41) is 0. The number of benzene rings is 1. The van der Waals surface area contributed by atoms with E-state index >= 15 is 0 Å². The van der Waals surface area contributed by atoms with Crippen molar-refractivity contribution in [3.05, 3.63) is 29.8 Å². The van der Waals surface area contributed by atoms with E-state index in [1.54, 1.807) is 0 Å². The van der Waals surface area contributed by atoms with Crippen LogP contribution in [0.5, 0.6) is 0 Å². The normalized spacial score (nSPS) is 18.6. The minimum atomic E-state index is 0.108. The zero-order valence-corrected chi connectivity index (χ0v) is 8.73. The van der Waals surface area contributed by atoms with Crippen molar-refractivity contribution >= 4 is 12.4 Å². The summed E-state index contributed by atoms with van der Waals surface area (Å²) in [6.45, 7) is 2.84. The molecule has 0 aromatic heterocycles. The number of hydrogen-bond acceptors (Lipinski definition) is 3. The molecule has 1 aliphatic rings. The third kappa shape index (κ3) is 1.98. The molecule has 3 nitrogen and oxygen atoms in total. The Morgan fingerprint density at radius 2 is 2.00 bits per heavy atom. The summed E-state index contributed by atoms with van der Waals surface area (Å²) in [4.78, 5) is 0. The number of fused-ring (bicyclic) bond motifs is 1. The third-order valence-electron chi connectivity index (χ3n) is 2.36. The van der Waals surface area contributed by atoms with Crippen molar-refractivity contribution in [3.63, 3.8) is 0 Å². The van der Waals surface area contributed by atoms with Crippen LogP contribution in [-0.2, 0) is 4.65 Å². The van der Waals surface area contributed by atoms with Crippen LogP contribution < -0.4 is 16.9 Å². The van der Waals surface area contributed by atoms with Gasteiger partial charge in [0, 0.05) is 6.54 Å². The summed E-state index contributed by atoms with van der Waals surface area (Å²) < 4.78 is 5.66. The molecule has 0 saturated carbocycles. The fourth-order valence-electron chi connectivity index (χ4n) is 1.75. The predicted octanol–water partition coefficient (Wildman–Crippen LogP) is 0.120. The maximum absolute atomic E-state index is 5.66. The molecule has 1 unspecified atom stereocenters. The Balaban J connectivity index is 0.000000461. The molecular weight excluding hydrogens is 175 g/mol. The van der Waals surface area contributed by atoms with E-state index in [4.69, 9.17) is 10.4 Å². The molecular formula is C10H17BN2O. The lowest BCUT2D eigenvalue weighted by Crippen LogP contribution is -2.23. The van der Waals surface area contributed by atoms with Crippen molar-refractivity contribution in [1.82, 2.24) is 0 Å². The van der Waals surface area contributed by atoms with Crippen molar-refractivity contribution in [2.24, 2.45) is 11.5 Å². The monoisotopic (exact) mass is 192 g/mol. The van der Waals surface area contributed by atoms with Crippen molar-refractivity contribution in [2.75, 3.05) is 13.6 Å². The van der Waals surface area contributed by atoms with Gasteiger partial charge in [-0.15, -0.1) is 0 Å². The SMILES string of the molecule is CB1OC(CN)c2ccccc21.CN. The summed E-state index contributed by atoms with van der Waals surface area (Å²) in [7, 11) is 1.50. The van der Waals surface area contributed by atoms with E-state index in [0.29, 0.717) is 6.54 Å². The van der Waals surface area contributed by atoms with Gasteiger partial charge < -0.3 is 16.1 Å². The van der Waals surface area contributed by atoms with Crippen LogP contribution in [0.15, 0.2) is 24.3 Å². The molecule has 0 fully saturated rings. The molecule has 0 bridgehead atoms. The van der Waals surface area contributed by atoms with Crippen molar-refractivity contribution < 1.29 is 4.65 Å². The molecule has 4 N–H and O–H groups in total. The lowest BCUT2D eigenvalue weighted by Gasteiger charge is -2.08. The van der Waals surface area contributed by atoms with E-state index in [-0.39, 0.29) is 13.0 Å². The Labute approximate surface area is 85.5 Å². The van der Waals surface area contributed by atoms with Gasteiger partial charge >= 0.3 is 6.92 Å². The van der Waals surface area contributed by atoms with Crippen LogP contribution in [0.4, 0.5) is 0 Å². The highest BCUT2D eigenvalue weighted by molar-refractivity contribution is 6.67. The Hall–Kier alpha value is -0.835. The maximum atomic E-state index is 5.66. The molecule has 2 rings (SSSR count). The lowest BCUT2D eigenvalue weighted by molar-refractivity contribution is 0.235. The standard InChI is InChI=1S/C9H12BNO.CH5N/c1-10-8-5-3-2-4-7(8)9(6-11)12-10;1-2/h2-5,9H,6,11H2,1H3;2H2,1H3. The molecule has 0 spiro atoms. The topological polar surface area (TPSA) is 61.3 Å². The molecule has 14 heavy (non-hydrogen) atoms. The largest absolute Gasteiger partial charge is 0.423 e. The molecule has 0 radical (unpaired) electrons. The lowest BCUT2D eigenvalue weighted by atomic mass is 9.64. The summed E-state index contributed by atoms with van der Waals surface area (Å²) in [5.74, 6) is 0. The third-order valence-corrected chi connectivity index (χ3v) is 2.36. The second-order valence-corrected chi connectivity index (χ2v) is 3.13. The summed E-state index contributed by atoms with van der Waals surface area (Å²) >= 11 is 0. The van der Waals surface area contributed by atoms with Crippen LogP contribution in [0, 0.1) is 0 Å². The van der Waals surface area contributed by atoms with Gasteiger partial charge in [-0.1, -0.05) is 31.1 Å². The average Bonchev–Trinajstić information content (AvgIpc) is 2.59. The van der Waals surface area contributed by atoms with Gasteiger partial charge in [-0.2, -0.15) is 0 Å². The molecule has 4 heteroatoms. The first-order chi connectivity index (χ1) is 6.83. The smallest absolute Gasteiger partial charge is 0.324 e. The van der Waals surface area contributed by atoms with E-state index in [2.05, 4.69) is 24.7 Å². The Kier molecular flexibility index (Phi) is 4.13. The zero-order chi connectivity index (χ0) is 10.6. The summed E-state index contributed by atoms with van der Waals surface area (Å²) in [5.41, 5.74) is 12.6. The van der Waals surface area contributed by atoms with Crippen LogP contribution in [0.25, 0.3) is 0 Å². The van der Waals surface area contributed by atoms with Crippen molar-refractivity contribution in [2.45, 2.75) is 12.9 Å². The first-order valence-electron chi connectivity index (χ1n) is 4.85. The molecule has 0 aliphatic carbocycles. The first kappa shape index (κ1) is 11.2. The minimum Gasteiger partial charge on any atom is -0.423 e. The van der Waals surface area contributed by atoms with E-state index in [1.807, 2.05) is 12.1 Å². The van der Waals surface area contributed by atoms with Gasteiger partial charge in [-0.3, -0.25) is 0 Å². The Morgan fingerprint density at radius 3 is 2.64 bits per heavy atom. The molecule has 1 atom stereocenters. The van der Waals surface area contributed by atoms with E-state index in [0.717, 1.165) is 0 Å². The van der Waals surface area contributed by atoms with Crippen LogP contribution in [0.1, 0.15) is 11.7 Å². The second-order valence-electron chi connectivity index (χ2n) is 3.13. The molecule has 1 aliphatic heterocycles. The van der Waals surface area contributed by atoms with Crippen LogP contribution in [0.2, 0.25) is 6.82 Å². The highest BCUT2D eigenvalue weighted by Crippen LogP contribution is 2.22. The van der Waals surface area contributed by atoms with Gasteiger partial charge in [0.05, 0.1) is 6.10 Å². The van der Waals surface area contributed by atoms with Gasteiger partial charge in [0.15, 0.2) is 0 Å². The first-order valence-corrected chi connectivity index (χ1v) is 4.85. The summed E-state index contributed by atoms with van der Waals surface area (Å²) in [6, 6.07) is 8.27. The second kappa shape index (κ2) is 5.15. The molecule has 1 aromatic carbocycles. The summed E-state index contributed by atoms with van der Waals surface area (Å²) in [6.07, 6.45) is 0.108. The molecule has 0 amide bonds. The molecule has 1 aromatic rings. The number of hydrogen-bond donors (Lipinski definition) is 2. The zero-order valence-electron chi connectivity index (χ0n) is 8.73. The number of nitrogens with two attached hydrogens (primary N) is 2. The average molecular weight is 192 g/mol. The molecule has 0 saturated heterocycles. The minimum absolute atomic E-state index is 0.108. The van der Waals surface area contributed by atoms with Gasteiger partial charge in [-0.05, 0) is 18.1 Å². The van der Waals surface area contributed by atoms with Crippen molar-refractivity contribution in [3.8, 4) is 0 Å². The quantitative estimate of drug-likeness (QED) is 0.621. The van der Waals surface area contributed by atoms with Crippen LogP contribution in [-0.4, -0.2) is 20.5 Å².